The van der Waals surface area contributed by atoms with E-state index in [9.17, 15) is 0 Å². The summed E-state index contributed by atoms with van der Waals surface area (Å²) >= 11 is 0. The molecule has 0 rings (SSSR count). The third-order valence-electron chi connectivity index (χ3n) is 2.35. The van der Waals surface area contributed by atoms with E-state index in [1.165, 1.54) is 38.5 Å². The van der Waals surface area contributed by atoms with Crippen LogP contribution in [-0.2, 0) is 0 Å². The molecule has 0 aliphatic rings. The second-order valence-electron chi connectivity index (χ2n) is 3.37. The second-order valence-corrected chi connectivity index (χ2v) is 3.37. The Bertz CT molecular complexity index is 113. The molecule has 70 valence electrons. The van der Waals surface area contributed by atoms with Crippen molar-refractivity contribution in [3.8, 4) is 0 Å². The molecule has 0 nitrogen and oxygen atoms in total. The predicted octanol–water partition coefficient (Wildman–Crippen LogP) is 4.34. The van der Waals surface area contributed by atoms with Gasteiger partial charge in [-0.25, -0.2) is 0 Å². The first kappa shape index (κ1) is 11.5. The van der Waals surface area contributed by atoms with Gasteiger partial charge < -0.3 is 0 Å². The molecule has 0 aromatic heterocycles. The number of unbranched alkanes of at least 4 members (excludes halogenated alkanes) is 2. The van der Waals surface area contributed by atoms with Gasteiger partial charge in [0.1, 0.15) is 0 Å². The molecule has 0 heteroatoms. The number of allylic oxidation sites excluding steroid dienone is 2. The van der Waals surface area contributed by atoms with Gasteiger partial charge in [-0.1, -0.05) is 38.3 Å². The predicted molar refractivity (Wildman–Crippen MR) is 57.3 cm³/mol. The molecule has 0 aromatic carbocycles. The first-order chi connectivity index (χ1) is 5.85. The Morgan fingerprint density at radius 3 is 2.42 bits per heavy atom. The van der Waals surface area contributed by atoms with E-state index in [0.717, 1.165) is 5.92 Å². The molecule has 0 spiro atoms. The maximum atomic E-state index is 3.78. The fraction of sp³-hybridized carbons (Fsp3) is 0.667. The van der Waals surface area contributed by atoms with Crippen molar-refractivity contribution in [2.75, 3.05) is 0 Å². The van der Waals surface area contributed by atoms with Gasteiger partial charge in [0, 0.05) is 0 Å². The van der Waals surface area contributed by atoms with E-state index in [0.29, 0.717) is 0 Å². The molecule has 0 fully saturated rings. The van der Waals surface area contributed by atoms with E-state index >= 15 is 0 Å². The zero-order valence-corrected chi connectivity index (χ0v) is 8.39. The molecule has 0 radical (unpaired) electrons. The monoisotopic (exact) mass is 166 g/mol. The molecule has 0 aliphatic carbocycles. The first-order valence-corrected chi connectivity index (χ1v) is 5.06. The van der Waals surface area contributed by atoms with Crippen molar-refractivity contribution >= 4 is 0 Å². The van der Waals surface area contributed by atoms with E-state index in [1.807, 2.05) is 12.2 Å². The second kappa shape index (κ2) is 8.58. The molecule has 12 heavy (non-hydrogen) atoms. The molecular weight excluding hydrogens is 144 g/mol. The summed E-state index contributed by atoms with van der Waals surface area (Å²) < 4.78 is 0. The normalized spacial score (nSPS) is 12.4. The Morgan fingerprint density at radius 2 is 1.92 bits per heavy atom. The average molecular weight is 166 g/mol. The van der Waals surface area contributed by atoms with Gasteiger partial charge in [0.15, 0.2) is 0 Å². The average Bonchev–Trinajstić information content (AvgIpc) is 2.10. The van der Waals surface area contributed by atoms with Crippen molar-refractivity contribution in [2.45, 2.75) is 45.4 Å². The van der Waals surface area contributed by atoms with Crippen molar-refractivity contribution < 1.29 is 0 Å². The quantitative estimate of drug-likeness (QED) is 0.372. The lowest BCUT2D eigenvalue weighted by atomic mass is 9.95. The highest BCUT2D eigenvalue weighted by atomic mass is 14.1. The topological polar surface area (TPSA) is 0 Å². The summed E-state index contributed by atoms with van der Waals surface area (Å²) in [5.74, 6) is 0.868. The van der Waals surface area contributed by atoms with Gasteiger partial charge in [0.05, 0.1) is 0 Å². The van der Waals surface area contributed by atoms with Crippen molar-refractivity contribution in [3.05, 3.63) is 25.3 Å². The van der Waals surface area contributed by atoms with E-state index in [4.69, 9.17) is 0 Å². The lowest BCUT2D eigenvalue weighted by Gasteiger charge is -2.11. The SMILES string of the molecule is C=CCCCCC(CC)CC=C. The lowest BCUT2D eigenvalue weighted by molar-refractivity contribution is 0.452. The van der Waals surface area contributed by atoms with Crippen LogP contribution in [0.5, 0.6) is 0 Å². The van der Waals surface area contributed by atoms with Gasteiger partial charge in [-0.05, 0) is 25.2 Å². The van der Waals surface area contributed by atoms with Gasteiger partial charge in [-0.2, -0.15) is 0 Å². The minimum absolute atomic E-state index is 0.868. The lowest BCUT2D eigenvalue weighted by Crippen LogP contribution is -1.96. The molecule has 0 aromatic rings. The summed E-state index contributed by atoms with van der Waals surface area (Å²) in [6.45, 7) is 9.76. The molecular formula is C12H22. The Kier molecular flexibility index (Phi) is 8.20. The fourth-order valence-corrected chi connectivity index (χ4v) is 1.45. The minimum Gasteiger partial charge on any atom is -0.103 e. The molecule has 0 bridgehead atoms. The smallest absolute Gasteiger partial charge is 0.0325 e. The number of hydrogen-bond acceptors (Lipinski definition) is 0. The van der Waals surface area contributed by atoms with Crippen LogP contribution in [0.3, 0.4) is 0 Å². The Labute approximate surface area is 77.4 Å². The maximum absolute atomic E-state index is 3.78. The van der Waals surface area contributed by atoms with Crippen LogP contribution in [0.15, 0.2) is 25.3 Å². The summed E-state index contributed by atoms with van der Waals surface area (Å²) in [6, 6.07) is 0. The van der Waals surface area contributed by atoms with Crippen LogP contribution in [0.1, 0.15) is 45.4 Å². The minimum atomic E-state index is 0.868. The fourth-order valence-electron chi connectivity index (χ4n) is 1.45. The van der Waals surface area contributed by atoms with E-state index in [1.54, 1.807) is 0 Å². The molecule has 0 amide bonds. The van der Waals surface area contributed by atoms with Crippen LogP contribution in [-0.4, -0.2) is 0 Å². The van der Waals surface area contributed by atoms with Crippen molar-refractivity contribution in [2.24, 2.45) is 5.92 Å². The van der Waals surface area contributed by atoms with Gasteiger partial charge in [-0.3, -0.25) is 0 Å². The van der Waals surface area contributed by atoms with Crippen molar-refractivity contribution in [1.82, 2.24) is 0 Å². The zero-order valence-electron chi connectivity index (χ0n) is 8.39. The number of rotatable bonds is 8. The summed E-state index contributed by atoms with van der Waals surface area (Å²) in [5.41, 5.74) is 0. The summed E-state index contributed by atoms with van der Waals surface area (Å²) in [4.78, 5) is 0. The molecule has 0 saturated heterocycles. The molecule has 1 unspecified atom stereocenters. The summed E-state index contributed by atoms with van der Waals surface area (Å²) in [7, 11) is 0. The maximum Gasteiger partial charge on any atom is -0.0325 e. The first-order valence-electron chi connectivity index (χ1n) is 5.06. The highest BCUT2D eigenvalue weighted by Crippen LogP contribution is 2.17. The van der Waals surface area contributed by atoms with Gasteiger partial charge >= 0.3 is 0 Å². The standard InChI is InChI=1S/C12H22/c1-4-7-8-9-11-12(6-3)10-5-2/h4-5,12H,1-2,6-11H2,3H3. The number of hydrogen-bond donors (Lipinski definition) is 0. The van der Waals surface area contributed by atoms with E-state index < -0.39 is 0 Å². The Morgan fingerprint density at radius 1 is 1.17 bits per heavy atom. The van der Waals surface area contributed by atoms with Crippen LogP contribution in [0, 0.1) is 5.92 Å². The van der Waals surface area contributed by atoms with Gasteiger partial charge in [0.25, 0.3) is 0 Å². The van der Waals surface area contributed by atoms with Crippen molar-refractivity contribution in [3.63, 3.8) is 0 Å². The molecule has 0 aliphatic heterocycles. The Balaban J connectivity index is 3.30. The van der Waals surface area contributed by atoms with Gasteiger partial charge in [0.2, 0.25) is 0 Å². The molecule has 0 heterocycles. The zero-order chi connectivity index (χ0) is 9.23. The highest BCUT2D eigenvalue weighted by molar-refractivity contribution is 4.73. The van der Waals surface area contributed by atoms with Crippen LogP contribution >= 0.6 is 0 Å². The largest absolute Gasteiger partial charge is 0.103 e. The van der Waals surface area contributed by atoms with Crippen LogP contribution in [0.25, 0.3) is 0 Å². The molecule has 1 atom stereocenters. The van der Waals surface area contributed by atoms with Crippen LogP contribution in [0.4, 0.5) is 0 Å². The van der Waals surface area contributed by atoms with Crippen LogP contribution < -0.4 is 0 Å². The Hall–Kier alpha value is -0.520. The third kappa shape index (κ3) is 6.21. The highest BCUT2D eigenvalue weighted by Gasteiger charge is 2.02. The summed E-state index contributed by atoms with van der Waals surface area (Å²) in [5, 5.41) is 0. The van der Waals surface area contributed by atoms with Crippen molar-refractivity contribution in [1.29, 1.82) is 0 Å². The molecule has 0 saturated carbocycles. The van der Waals surface area contributed by atoms with E-state index in [2.05, 4.69) is 20.1 Å². The van der Waals surface area contributed by atoms with Crippen LogP contribution in [0.2, 0.25) is 0 Å². The third-order valence-corrected chi connectivity index (χ3v) is 2.35. The van der Waals surface area contributed by atoms with Gasteiger partial charge in [-0.15, -0.1) is 13.2 Å². The molecule has 0 N–H and O–H groups in total. The summed E-state index contributed by atoms with van der Waals surface area (Å²) in [6.07, 6.45) is 11.7. The van der Waals surface area contributed by atoms with E-state index in [-0.39, 0.29) is 0 Å².